The normalized spacial score (nSPS) is 23.7. The van der Waals surface area contributed by atoms with E-state index in [1.165, 1.54) is 22.5 Å². The molecule has 0 unspecified atom stereocenters. The fourth-order valence-corrected chi connectivity index (χ4v) is 7.75. The van der Waals surface area contributed by atoms with Gasteiger partial charge in [0.25, 0.3) is 5.91 Å². The number of hydrogen-bond donors (Lipinski definition) is 1. The predicted octanol–water partition coefficient (Wildman–Crippen LogP) is 3.07. The third-order valence-corrected chi connectivity index (χ3v) is 11.0. The van der Waals surface area contributed by atoms with E-state index in [0.717, 1.165) is 89.1 Å². The molecule has 2 aromatic rings. The lowest BCUT2D eigenvalue weighted by atomic mass is 9.83. The lowest BCUT2D eigenvalue weighted by Gasteiger charge is -2.43. The summed E-state index contributed by atoms with van der Waals surface area (Å²) < 4.78 is 25.3. The van der Waals surface area contributed by atoms with Gasteiger partial charge in [-0.25, -0.2) is 22.7 Å². The van der Waals surface area contributed by atoms with Gasteiger partial charge in [0, 0.05) is 50.0 Å². The first-order valence-corrected chi connectivity index (χ1v) is 17.1. The number of rotatable bonds is 8. The molecule has 3 saturated heterocycles. The van der Waals surface area contributed by atoms with E-state index in [1.807, 2.05) is 11.8 Å². The molecular weight excluding hydrogens is 536 g/mol. The summed E-state index contributed by atoms with van der Waals surface area (Å²) in [6, 6.07) is 11.3. The van der Waals surface area contributed by atoms with E-state index in [0.29, 0.717) is 23.6 Å². The lowest BCUT2D eigenvalue weighted by molar-refractivity contribution is 0.0542. The standard InChI is InChI=1S/C31H46N6O3S/c1-23-29(10-9-24-19-26(21-32-20-24)25-7-5-4-6-8-25)33-22-34-30(23)31(38)37-17-13-28(14-18-37)36-15-11-27(12-16-36)35(2)41(3,39)40/h4-8,22,24,26-28,32H,9-21H2,1-3H3/t24-,26-/m0/s1. The first kappa shape index (κ1) is 30.1. The molecule has 0 radical (unpaired) electrons. The number of piperidine rings is 3. The van der Waals surface area contributed by atoms with Crippen LogP contribution in [0.5, 0.6) is 0 Å². The second kappa shape index (κ2) is 13.3. The van der Waals surface area contributed by atoms with Crippen LogP contribution in [0.25, 0.3) is 0 Å². The SMILES string of the molecule is Cc1c(CC[C@@H]2CNC[C@@H](c3ccccc3)C2)ncnc1C(=O)N1CCC(N2CCC(N(C)S(C)(=O)=O)CC2)CC1. The molecule has 1 N–H and O–H groups in total. The number of nitrogens with one attached hydrogen (secondary N) is 1. The predicted molar refractivity (Wildman–Crippen MR) is 161 cm³/mol. The Balaban J connectivity index is 1.11. The van der Waals surface area contributed by atoms with Crippen molar-refractivity contribution in [2.75, 3.05) is 52.6 Å². The van der Waals surface area contributed by atoms with Crippen LogP contribution in [-0.2, 0) is 16.4 Å². The molecule has 9 nitrogen and oxygen atoms in total. The minimum atomic E-state index is -3.16. The molecule has 4 heterocycles. The molecule has 0 aliphatic carbocycles. The molecule has 1 aromatic carbocycles. The third kappa shape index (κ3) is 7.34. The molecule has 5 rings (SSSR count). The smallest absolute Gasteiger partial charge is 0.272 e. The largest absolute Gasteiger partial charge is 0.337 e. The highest BCUT2D eigenvalue weighted by atomic mass is 32.2. The first-order valence-electron chi connectivity index (χ1n) is 15.2. The van der Waals surface area contributed by atoms with Gasteiger partial charge in [0.15, 0.2) is 0 Å². The number of aromatic nitrogens is 2. The molecule has 0 saturated carbocycles. The Hall–Kier alpha value is -2.40. The zero-order chi connectivity index (χ0) is 29.0. The van der Waals surface area contributed by atoms with Gasteiger partial charge in [-0.2, -0.15) is 0 Å². The molecule has 41 heavy (non-hydrogen) atoms. The van der Waals surface area contributed by atoms with Crippen LogP contribution < -0.4 is 5.32 Å². The Morgan fingerprint density at radius 1 is 1.02 bits per heavy atom. The van der Waals surface area contributed by atoms with Gasteiger partial charge < -0.3 is 15.1 Å². The number of benzene rings is 1. The number of nitrogens with zero attached hydrogens (tertiary/aromatic N) is 5. The number of aryl methyl sites for hydroxylation is 1. The van der Waals surface area contributed by atoms with Gasteiger partial charge in [0.1, 0.15) is 12.0 Å². The van der Waals surface area contributed by atoms with E-state index >= 15 is 0 Å². The van der Waals surface area contributed by atoms with Crippen molar-refractivity contribution in [3.8, 4) is 0 Å². The van der Waals surface area contributed by atoms with E-state index in [4.69, 9.17) is 0 Å². The molecule has 3 fully saturated rings. The summed E-state index contributed by atoms with van der Waals surface area (Å²) >= 11 is 0. The monoisotopic (exact) mass is 582 g/mol. The van der Waals surface area contributed by atoms with Crippen molar-refractivity contribution in [2.24, 2.45) is 5.92 Å². The number of likely N-dealkylation sites (tertiary alicyclic amines) is 2. The van der Waals surface area contributed by atoms with Crippen LogP contribution in [0.4, 0.5) is 0 Å². The van der Waals surface area contributed by atoms with E-state index in [1.54, 1.807) is 13.4 Å². The molecule has 1 aromatic heterocycles. The van der Waals surface area contributed by atoms with Crippen molar-refractivity contribution in [2.45, 2.75) is 69.9 Å². The lowest BCUT2D eigenvalue weighted by Crippen LogP contribution is -2.52. The molecule has 0 bridgehead atoms. The summed E-state index contributed by atoms with van der Waals surface area (Å²) in [5.41, 5.74) is 3.85. The molecule has 1 amide bonds. The Morgan fingerprint density at radius 3 is 2.41 bits per heavy atom. The third-order valence-electron chi connectivity index (χ3n) is 9.70. The van der Waals surface area contributed by atoms with Crippen LogP contribution in [0.15, 0.2) is 36.7 Å². The Kier molecular flexibility index (Phi) is 9.74. The number of hydrogen-bond acceptors (Lipinski definition) is 7. The average Bonchev–Trinajstić information content (AvgIpc) is 3.00. The summed E-state index contributed by atoms with van der Waals surface area (Å²) in [7, 11) is -1.47. The average molecular weight is 583 g/mol. The van der Waals surface area contributed by atoms with Crippen molar-refractivity contribution in [1.29, 1.82) is 0 Å². The van der Waals surface area contributed by atoms with E-state index in [-0.39, 0.29) is 11.9 Å². The molecule has 3 aliphatic heterocycles. The second-order valence-corrected chi connectivity index (χ2v) is 14.3. The van der Waals surface area contributed by atoms with Crippen molar-refractivity contribution in [3.05, 3.63) is 59.2 Å². The van der Waals surface area contributed by atoms with Gasteiger partial charge in [-0.1, -0.05) is 30.3 Å². The quantitative estimate of drug-likeness (QED) is 0.511. The Labute approximate surface area is 245 Å². The molecular formula is C31H46N6O3S. The van der Waals surface area contributed by atoms with Gasteiger partial charge in [-0.05, 0) is 88.9 Å². The molecule has 0 spiro atoms. The van der Waals surface area contributed by atoms with Crippen LogP contribution in [0.2, 0.25) is 0 Å². The van der Waals surface area contributed by atoms with Crippen LogP contribution >= 0.6 is 0 Å². The van der Waals surface area contributed by atoms with Crippen molar-refractivity contribution >= 4 is 15.9 Å². The molecule has 10 heteroatoms. The Bertz CT molecular complexity index is 1270. The van der Waals surface area contributed by atoms with Gasteiger partial charge in [-0.3, -0.25) is 4.79 Å². The summed E-state index contributed by atoms with van der Waals surface area (Å²) in [6.07, 6.45) is 9.51. The number of sulfonamides is 1. The Morgan fingerprint density at radius 2 is 1.73 bits per heavy atom. The van der Waals surface area contributed by atoms with Crippen LogP contribution in [0.3, 0.4) is 0 Å². The van der Waals surface area contributed by atoms with Gasteiger partial charge in [-0.15, -0.1) is 0 Å². The van der Waals surface area contributed by atoms with Crippen molar-refractivity contribution < 1.29 is 13.2 Å². The van der Waals surface area contributed by atoms with E-state index in [9.17, 15) is 13.2 Å². The van der Waals surface area contributed by atoms with E-state index < -0.39 is 10.0 Å². The highest BCUT2D eigenvalue weighted by Crippen LogP contribution is 2.29. The highest BCUT2D eigenvalue weighted by molar-refractivity contribution is 7.88. The maximum absolute atomic E-state index is 13.5. The van der Waals surface area contributed by atoms with E-state index in [2.05, 4.69) is 50.5 Å². The summed E-state index contributed by atoms with van der Waals surface area (Å²) in [6.45, 7) is 7.31. The summed E-state index contributed by atoms with van der Waals surface area (Å²) in [5, 5.41) is 3.62. The minimum Gasteiger partial charge on any atom is -0.337 e. The molecule has 2 atom stereocenters. The maximum Gasteiger partial charge on any atom is 0.272 e. The number of carbonyl (C=O) groups excluding carboxylic acids is 1. The molecule has 224 valence electrons. The number of amides is 1. The van der Waals surface area contributed by atoms with Crippen molar-refractivity contribution in [3.63, 3.8) is 0 Å². The van der Waals surface area contributed by atoms with Gasteiger partial charge >= 0.3 is 0 Å². The minimum absolute atomic E-state index is 0.0153. The van der Waals surface area contributed by atoms with Crippen LogP contribution in [0, 0.1) is 12.8 Å². The fraction of sp³-hybridized carbons (Fsp3) is 0.645. The first-order chi connectivity index (χ1) is 19.7. The number of carbonyl (C=O) groups is 1. The topological polar surface area (TPSA) is 98.7 Å². The highest BCUT2D eigenvalue weighted by Gasteiger charge is 2.33. The summed E-state index contributed by atoms with van der Waals surface area (Å²) in [4.78, 5) is 27.0. The zero-order valence-electron chi connectivity index (χ0n) is 24.8. The van der Waals surface area contributed by atoms with Gasteiger partial charge in [0.2, 0.25) is 10.0 Å². The van der Waals surface area contributed by atoms with Gasteiger partial charge in [0.05, 0.1) is 6.26 Å². The zero-order valence-corrected chi connectivity index (χ0v) is 25.7. The van der Waals surface area contributed by atoms with Crippen molar-refractivity contribution in [1.82, 2.24) is 29.4 Å². The molecule has 3 aliphatic rings. The fourth-order valence-electron chi connectivity index (χ4n) is 6.99. The van der Waals surface area contributed by atoms with Crippen LogP contribution in [-0.4, -0.2) is 103 Å². The van der Waals surface area contributed by atoms with Crippen LogP contribution in [0.1, 0.15) is 71.8 Å². The second-order valence-electron chi connectivity index (χ2n) is 12.3. The summed E-state index contributed by atoms with van der Waals surface area (Å²) in [5.74, 6) is 1.14. The maximum atomic E-state index is 13.5.